The molecule has 0 heterocycles. The lowest BCUT2D eigenvalue weighted by molar-refractivity contribution is -0.249. The summed E-state index contributed by atoms with van der Waals surface area (Å²) in [6.45, 7) is 12.3. The summed E-state index contributed by atoms with van der Waals surface area (Å²) in [5.74, 6) is -4.55. The number of alkyl halides is 5. The van der Waals surface area contributed by atoms with Crippen LogP contribution in [0.25, 0.3) is 0 Å². The number of hydrogen-bond acceptors (Lipinski definition) is 2. The molecule has 0 aliphatic rings. The molecule has 0 aliphatic carbocycles. The molecular formula is C19H27F5N2S. The maximum Gasteiger partial charge on any atom is 0.461 e. The van der Waals surface area contributed by atoms with Gasteiger partial charge in [-0.2, -0.15) is 22.0 Å². The normalized spacial score (nSPS) is 13.1. The van der Waals surface area contributed by atoms with Gasteiger partial charge in [0.1, 0.15) is 0 Å². The van der Waals surface area contributed by atoms with E-state index in [-0.39, 0.29) is 0 Å². The van der Waals surface area contributed by atoms with Crippen LogP contribution in [-0.2, 0) is 0 Å². The molecule has 2 nitrogen and oxygen atoms in total. The fraction of sp³-hybridized carbons (Fsp3) is 0.579. The van der Waals surface area contributed by atoms with Crippen molar-refractivity contribution in [2.75, 3.05) is 12.8 Å². The highest BCUT2D eigenvalue weighted by atomic mass is 32.2. The average molecular weight is 410 g/mol. The fourth-order valence-corrected chi connectivity index (χ4v) is 2.93. The van der Waals surface area contributed by atoms with Crippen LogP contribution in [0, 0.1) is 26.7 Å². The number of benzene rings is 1. The smallest absolute Gasteiger partial charge is 0.268 e. The van der Waals surface area contributed by atoms with Crippen LogP contribution in [0.4, 0.5) is 22.0 Å². The van der Waals surface area contributed by atoms with E-state index < -0.39 is 17.9 Å². The zero-order chi connectivity index (χ0) is 21.4. The molecule has 1 aromatic rings. The van der Waals surface area contributed by atoms with Crippen molar-refractivity contribution >= 4 is 23.8 Å². The van der Waals surface area contributed by atoms with Gasteiger partial charge in [0.25, 0.3) is 0 Å². The lowest BCUT2D eigenvalue weighted by Crippen LogP contribution is -2.43. The van der Waals surface area contributed by atoms with Gasteiger partial charge >= 0.3 is 12.1 Å². The molecule has 0 spiro atoms. The predicted octanol–water partition coefficient (Wildman–Crippen LogP) is 6.66. The van der Waals surface area contributed by atoms with Crippen LogP contribution in [0.2, 0.25) is 0 Å². The summed E-state index contributed by atoms with van der Waals surface area (Å²) >= 11 is 1.98. The molecule has 0 N–H and O–H groups in total. The van der Waals surface area contributed by atoms with Crippen LogP contribution in [0.15, 0.2) is 27.0 Å². The molecular weight excluding hydrogens is 383 g/mol. The van der Waals surface area contributed by atoms with Crippen molar-refractivity contribution in [2.45, 2.75) is 58.5 Å². The van der Waals surface area contributed by atoms with E-state index in [2.05, 4.69) is 56.7 Å². The number of halogens is 5. The minimum absolute atomic E-state index is 0.765. The largest absolute Gasteiger partial charge is 0.461 e. The maximum absolute atomic E-state index is 12.4. The Hall–Kier alpha value is -1.44. The van der Waals surface area contributed by atoms with E-state index in [1.807, 2.05) is 11.8 Å². The number of amidine groups is 1. The Balaban J connectivity index is 0.000000503. The Morgan fingerprint density at radius 2 is 1.56 bits per heavy atom. The van der Waals surface area contributed by atoms with Crippen LogP contribution in [0.5, 0.6) is 0 Å². The summed E-state index contributed by atoms with van der Waals surface area (Å²) < 4.78 is 59.9. The van der Waals surface area contributed by atoms with E-state index in [1.165, 1.54) is 34.3 Å². The summed E-state index contributed by atoms with van der Waals surface area (Å²) in [6, 6.07) is 4.61. The highest BCUT2D eigenvalue weighted by Gasteiger charge is 2.61. The summed E-state index contributed by atoms with van der Waals surface area (Å²) in [5, 5.41) is 0. The summed E-state index contributed by atoms with van der Waals surface area (Å²) in [6.07, 6.45) is -4.84. The van der Waals surface area contributed by atoms with Gasteiger partial charge in [-0.1, -0.05) is 19.9 Å². The number of rotatable bonds is 4. The summed E-state index contributed by atoms with van der Waals surface area (Å²) in [7, 11) is 0.821. The Kier molecular flexibility index (Phi) is 10.2. The molecule has 0 saturated carbocycles. The van der Waals surface area contributed by atoms with Gasteiger partial charge in [-0.25, -0.2) is 4.99 Å². The molecule has 1 rings (SSSR count). The minimum atomic E-state index is -5.66. The molecule has 0 amide bonds. The van der Waals surface area contributed by atoms with Gasteiger partial charge in [0, 0.05) is 23.9 Å². The van der Waals surface area contributed by atoms with Crippen LogP contribution in [-0.4, -0.2) is 36.9 Å². The molecule has 0 fully saturated rings. The number of aliphatic imine (C=N–C) groups is 2. The molecule has 0 saturated heterocycles. The lowest BCUT2D eigenvalue weighted by atomic mass is 10.1. The molecule has 0 bridgehead atoms. The van der Waals surface area contributed by atoms with Crippen LogP contribution in [0.1, 0.15) is 37.5 Å². The second kappa shape index (κ2) is 10.8. The molecule has 27 heavy (non-hydrogen) atoms. The van der Waals surface area contributed by atoms with Gasteiger partial charge in [0.05, 0.1) is 0 Å². The first-order chi connectivity index (χ1) is 12.3. The Bertz CT molecular complexity index is 665. The first-order valence-electron chi connectivity index (χ1n) is 8.39. The standard InChI is InChI=1S/C13H20S.C6H7F5N2/c1-9(2)8-14-13-7-11(4)10(3)6-12(13)5;1-3-13-4(12-2)5(7,8)6(9,10)11/h6-7,9H,8H2,1-5H3;3H,1-2H3. The maximum atomic E-state index is 12.4. The van der Waals surface area contributed by atoms with E-state index >= 15 is 0 Å². The van der Waals surface area contributed by atoms with Gasteiger partial charge in [0.15, 0.2) is 0 Å². The van der Waals surface area contributed by atoms with E-state index in [9.17, 15) is 22.0 Å². The Morgan fingerprint density at radius 1 is 1.04 bits per heavy atom. The van der Waals surface area contributed by atoms with E-state index in [0.717, 1.165) is 19.2 Å². The molecule has 0 atom stereocenters. The number of hydrogen-bond donors (Lipinski definition) is 0. The van der Waals surface area contributed by atoms with E-state index in [0.29, 0.717) is 0 Å². The molecule has 8 heteroatoms. The van der Waals surface area contributed by atoms with Crippen molar-refractivity contribution in [3.63, 3.8) is 0 Å². The van der Waals surface area contributed by atoms with Gasteiger partial charge in [-0.3, -0.25) is 4.99 Å². The van der Waals surface area contributed by atoms with Crippen LogP contribution < -0.4 is 0 Å². The molecule has 0 unspecified atom stereocenters. The second-order valence-electron chi connectivity index (χ2n) is 6.41. The van der Waals surface area contributed by atoms with E-state index in [4.69, 9.17) is 0 Å². The second-order valence-corrected chi connectivity index (χ2v) is 7.48. The number of thioether (sulfide) groups is 1. The molecule has 154 valence electrons. The SMILES string of the molecule is CC=NC(=NC)C(F)(F)C(F)(F)F.Cc1cc(C)c(SCC(C)C)cc1C. The molecule has 1 aromatic carbocycles. The summed E-state index contributed by atoms with van der Waals surface area (Å²) in [5.41, 5.74) is 4.22. The zero-order valence-corrected chi connectivity index (χ0v) is 17.5. The quantitative estimate of drug-likeness (QED) is 0.236. The summed E-state index contributed by atoms with van der Waals surface area (Å²) in [4.78, 5) is 7.05. The highest BCUT2D eigenvalue weighted by molar-refractivity contribution is 7.99. The Morgan fingerprint density at radius 3 is 1.96 bits per heavy atom. The first kappa shape index (κ1) is 25.6. The minimum Gasteiger partial charge on any atom is -0.268 e. The predicted molar refractivity (Wildman–Crippen MR) is 105 cm³/mol. The van der Waals surface area contributed by atoms with Crippen molar-refractivity contribution in [1.29, 1.82) is 0 Å². The van der Waals surface area contributed by atoms with Crippen molar-refractivity contribution in [3.05, 3.63) is 28.8 Å². The lowest BCUT2D eigenvalue weighted by Gasteiger charge is -2.18. The van der Waals surface area contributed by atoms with Crippen molar-refractivity contribution < 1.29 is 22.0 Å². The molecule has 0 radical (unpaired) electrons. The molecule has 0 aromatic heterocycles. The average Bonchev–Trinajstić information content (AvgIpc) is 2.54. The number of aryl methyl sites for hydroxylation is 3. The van der Waals surface area contributed by atoms with Gasteiger partial charge in [-0.15, -0.1) is 11.8 Å². The first-order valence-corrected chi connectivity index (χ1v) is 9.37. The Labute approximate surface area is 162 Å². The van der Waals surface area contributed by atoms with Gasteiger partial charge in [-0.05, 0) is 56.4 Å². The fourth-order valence-electron chi connectivity index (χ4n) is 1.87. The number of nitrogens with zero attached hydrogens (tertiary/aromatic N) is 2. The molecule has 0 aliphatic heterocycles. The van der Waals surface area contributed by atoms with Crippen LogP contribution >= 0.6 is 11.8 Å². The third-order valence-corrected chi connectivity index (χ3v) is 5.05. The van der Waals surface area contributed by atoms with Crippen molar-refractivity contribution in [3.8, 4) is 0 Å². The zero-order valence-electron chi connectivity index (χ0n) is 16.7. The van der Waals surface area contributed by atoms with Crippen molar-refractivity contribution in [2.24, 2.45) is 15.9 Å². The van der Waals surface area contributed by atoms with Crippen LogP contribution in [0.3, 0.4) is 0 Å². The third kappa shape index (κ3) is 7.99. The van der Waals surface area contributed by atoms with Gasteiger partial charge < -0.3 is 0 Å². The van der Waals surface area contributed by atoms with E-state index in [1.54, 1.807) is 0 Å². The topological polar surface area (TPSA) is 24.7 Å². The third-order valence-electron chi connectivity index (χ3n) is 3.46. The highest BCUT2D eigenvalue weighted by Crippen LogP contribution is 2.36. The van der Waals surface area contributed by atoms with Crippen molar-refractivity contribution in [1.82, 2.24) is 0 Å². The monoisotopic (exact) mass is 410 g/mol. The van der Waals surface area contributed by atoms with Gasteiger partial charge in [0.2, 0.25) is 5.84 Å².